The number of hydrogen-bond donors (Lipinski definition) is 2. The predicted octanol–water partition coefficient (Wildman–Crippen LogP) is 2.03. The van der Waals surface area contributed by atoms with Gasteiger partial charge >= 0.3 is 5.97 Å². The maximum atomic E-state index is 11.1. The van der Waals surface area contributed by atoms with Crippen LogP contribution in [0.25, 0.3) is 0 Å². The maximum absolute atomic E-state index is 11.1. The Morgan fingerprint density at radius 1 is 1.58 bits per heavy atom. The standard InChI is InChI=1S/C13H17ClN2O3/c14-11-7-15-12(6-10(11)13(18)19)16-4-1-2-9(8-16)3-5-17/h6-7,9,17H,1-5,8H2,(H,18,19). The molecule has 1 atom stereocenters. The molecule has 1 aliphatic heterocycles. The lowest BCUT2D eigenvalue weighted by molar-refractivity contribution is 0.0697. The number of carbonyl (C=O) groups is 1. The molecule has 0 radical (unpaired) electrons. The number of halogens is 1. The molecule has 19 heavy (non-hydrogen) atoms. The zero-order valence-electron chi connectivity index (χ0n) is 10.5. The van der Waals surface area contributed by atoms with Gasteiger partial charge < -0.3 is 15.1 Å². The van der Waals surface area contributed by atoms with Crippen molar-refractivity contribution in [3.05, 3.63) is 22.8 Å². The van der Waals surface area contributed by atoms with Crippen molar-refractivity contribution in [2.75, 3.05) is 24.6 Å². The Bertz CT molecular complexity index is 465. The Morgan fingerprint density at radius 2 is 2.37 bits per heavy atom. The molecule has 1 fully saturated rings. The number of aromatic carboxylic acids is 1. The van der Waals surface area contributed by atoms with Gasteiger partial charge in [0.2, 0.25) is 0 Å². The van der Waals surface area contributed by atoms with Gasteiger partial charge in [0, 0.05) is 25.9 Å². The summed E-state index contributed by atoms with van der Waals surface area (Å²) in [6, 6.07) is 1.52. The van der Waals surface area contributed by atoms with Crippen LogP contribution in [-0.2, 0) is 0 Å². The van der Waals surface area contributed by atoms with Crippen molar-refractivity contribution >= 4 is 23.4 Å². The molecule has 1 aromatic rings. The SMILES string of the molecule is O=C(O)c1cc(N2CCCC(CCO)C2)ncc1Cl. The lowest BCUT2D eigenvalue weighted by Crippen LogP contribution is -2.36. The quantitative estimate of drug-likeness (QED) is 0.885. The van der Waals surface area contributed by atoms with Crippen molar-refractivity contribution < 1.29 is 15.0 Å². The van der Waals surface area contributed by atoms with Crippen LogP contribution < -0.4 is 4.90 Å². The number of hydrogen-bond acceptors (Lipinski definition) is 4. The van der Waals surface area contributed by atoms with Crippen LogP contribution >= 0.6 is 11.6 Å². The van der Waals surface area contributed by atoms with Crippen LogP contribution in [0, 0.1) is 5.92 Å². The minimum absolute atomic E-state index is 0.0796. The van der Waals surface area contributed by atoms with E-state index in [1.807, 2.05) is 0 Å². The Morgan fingerprint density at radius 3 is 3.05 bits per heavy atom. The summed E-state index contributed by atoms with van der Waals surface area (Å²) in [5, 5.41) is 18.2. The highest BCUT2D eigenvalue weighted by molar-refractivity contribution is 6.33. The summed E-state index contributed by atoms with van der Waals surface area (Å²) in [6.07, 6.45) is 4.28. The number of carboxylic acid groups (broad SMARTS) is 1. The van der Waals surface area contributed by atoms with Crippen molar-refractivity contribution in [1.82, 2.24) is 4.98 Å². The lowest BCUT2D eigenvalue weighted by atomic mass is 9.95. The van der Waals surface area contributed by atoms with E-state index in [0.29, 0.717) is 11.7 Å². The molecule has 5 nitrogen and oxygen atoms in total. The highest BCUT2D eigenvalue weighted by Gasteiger charge is 2.22. The normalized spacial score (nSPS) is 19.5. The van der Waals surface area contributed by atoms with E-state index in [9.17, 15) is 4.79 Å². The Kier molecular flexibility index (Phi) is 4.61. The van der Waals surface area contributed by atoms with E-state index in [0.717, 1.165) is 32.4 Å². The largest absolute Gasteiger partial charge is 0.478 e. The third kappa shape index (κ3) is 3.36. The molecule has 0 aliphatic carbocycles. The zero-order chi connectivity index (χ0) is 13.8. The van der Waals surface area contributed by atoms with Crippen LogP contribution in [0.3, 0.4) is 0 Å². The van der Waals surface area contributed by atoms with E-state index in [1.165, 1.54) is 12.3 Å². The number of aromatic nitrogens is 1. The van der Waals surface area contributed by atoms with Gasteiger partial charge in [0.15, 0.2) is 0 Å². The smallest absolute Gasteiger partial charge is 0.337 e. The number of nitrogens with zero attached hydrogens (tertiary/aromatic N) is 2. The van der Waals surface area contributed by atoms with E-state index in [1.54, 1.807) is 0 Å². The molecular weight excluding hydrogens is 268 g/mol. The first-order valence-corrected chi connectivity index (χ1v) is 6.74. The highest BCUT2D eigenvalue weighted by atomic mass is 35.5. The molecule has 1 saturated heterocycles. The maximum Gasteiger partial charge on any atom is 0.337 e. The Balaban J connectivity index is 2.17. The fourth-order valence-corrected chi connectivity index (χ4v) is 2.64. The number of anilines is 1. The molecule has 0 spiro atoms. The molecule has 1 aromatic heterocycles. The van der Waals surface area contributed by atoms with Crippen LogP contribution in [0.5, 0.6) is 0 Å². The van der Waals surface area contributed by atoms with Gasteiger partial charge in [-0.25, -0.2) is 9.78 Å². The number of aliphatic hydroxyl groups excluding tert-OH is 1. The van der Waals surface area contributed by atoms with Gasteiger partial charge in [0.25, 0.3) is 0 Å². The van der Waals surface area contributed by atoms with E-state index in [2.05, 4.69) is 9.88 Å². The molecule has 104 valence electrons. The summed E-state index contributed by atoms with van der Waals surface area (Å²) in [5.41, 5.74) is 0.0796. The molecule has 0 amide bonds. The zero-order valence-corrected chi connectivity index (χ0v) is 11.3. The van der Waals surface area contributed by atoms with Crippen molar-refractivity contribution in [3.63, 3.8) is 0 Å². The van der Waals surface area contributed by atoms with E-state index in [-0.39, 0.29) is 17.2 Å². The Hall–Kier alpha value is -1.33. The minimum atomic E-state index is -1.04. The topological polar surface area (TPSA) is 73.7 Å². The Labute approximate surface area is 116 Å². The second kappa shape index (κ2) is 6.21. The van der Waals surface area contributed by atoms with Crippen LogP contribution in [0.4, 0.5) is 5.82 Å². The molecule has 1 aliphatic rings. The first kappa shape index (κ1) is 14.1. The van der Waals surface area contributed by atoms with Crippen molar-refractivity contribution in [3.8, 4) is 0 Å². The summed E-state index contributed by atoms with van der Waals surface area (Å²) in [6.45, 7) is 1.84. The van der Waals surface area contributed by atoms with Crippen molar-refractivity contribution in [2.45, 2.75) is 19.3 Å². The highest BCUT2D eigenvalue weighted by Crippen LogP contribution is 2.26. The van der Waals surface area contributed by atoms with Crippen LogP contribution in [0.2, 0.25) is 5.02 Å². The van der Waals surface area contributed by atoms with E-state index >= 15 is 0 Å². The fraction of sp³-hybridized carbons (Fsp3) is 0.538. The van der Waals surface area contributed by atoms with Crippen molar-refractivity contribution in [1.29, 1.82) is 0 Å². The van der Waals surface area contributed by atoms with Crippen molar-refractivity contribution in [2.24, 2.45) is 5.92 Å². The lowest BCUT2D eigenvalue weighted by Gasteiger charge is -2.33. The van der Waals surface area contributed by atoms with Crippen LogP contribution in [0.15, 0.2) is 12.3 Å². The average Bonchev–Trinajstić information content (AvgIpc) is 2.39. The van der Waals surface area contributed by atoms with Gasteiger partial charge in [-0.1, -0.05) is 11.6 Å². The molecule has 0 bridgehead atoms. The van der Waals surface area contributed by atoms with Crippen LogP contribution in [0.1, 0.15) is 29.6 Å². The summed E-state index contributed by atoms with van der Waals surface area (Å²) in [5.74, 6) is 0.0338. The molecule has 2 heterocycles. The summed E-state index contributed by atoms with van der Waals surface area (Å²) >= 11 is 5.81. The molecule has 0 aromatic carbocycles. The first-order chi connectivity index (χ1) is 9.11. The third-order valence-corrected chi connectivity index (χ3v) is 3.75. The summed E-state index contributed by atoms with van der Waals surface area (Å²) < 4.78 is 0. The number of rotatable bonds is 4. The molecule has 6 heteroatoms. The van der Waals surface area contributed by atoms with Gasteiger partial charge in [0.05, 0.1) is 10.6 Å². The molecule has 0 saturated carbocycles. The molecule has 2 N–H and O–H groups in total. The average molecular weight is 285 g/mol. The predicted molar refractivity (Wildman–Crippen MR) is 72.8 cm³/mol. The van der Waals surface area contributed by atoms with E-state index in [4.69, 9.17) is 21.8 Å². The summed E-state index contributed by atoms with van der Waals surface area (Å²) in [7, 11) is 0. The third-order valence-electron chi connectivity index (χ3n) is 3.45. The second-order valence-electron chi connectivity index (χ2n) is 4.79. The molecular formula is C13H17ClN2O3. The van der Waals surface area contributed by atoms with Gasteiger partial charge in [0.1, 0.15) is 5.82 Å². The molecule has 2 rings (SSSR count). The monoisotopic (exact) mass is 284 g/mol. The number of aliphatic hydroxyl groups is 1. The minimum Gasteiger partial charge on any atom is -0.478 e. The summed E-state index contributed by atoms with van der Waals surface area (Å²) in [4.78, 5) is 17.3. The van der Waals surface area contributed by atoms with Crippen LogP contribution in [-0.4, -0.2) is 40.9 Å². The van der Waals surface area contributed by atoms with E-state index < -0.39 is 5.97 Å². The first-order valence-electron chi connectivity index (χ1n) is 6.36. The number of carboxylic acids is 1. The fourth-order valence-electron chi connectivity index (χ4n) is 2.46. The molecule has 1 unspecified atom stereocenters. The second-order valence-corrected chi connectivity index (χ2v) is 5.20. The number of pyridine rings is 1. The van der Waals surface area contributed by atoms with Gasteiger partial charge in [-0.05, 0) is 31.2 Å². The van der Waals surface area contributed by atoms with Gasteiger partial charge in [-0.15, -0.1) is 0 Å². The van der Waals surface area contributed by atoms with Gasteiger partial charge in [-0.2, -0.15) is 0 Å². The van der Waals surface area contributed by atoms with Gasteiger partial charge in [-0.3, -0.25) is 0 Å². The number of piperidine rings is 1.